The second-order valence-electron chi connectivity index (χ2n) is 8.18. The first-order valence-electron chi connectivity index (χ1n) is 10.2. The number of benzene rings is 1. The van der Waals surface area contributed by atoms with Gasteiger partial charge in [0.25, 0.3) is 0 Å². The number of thioether (sulfide) groups is 1. The number of alkyl halides is 3. The summed E-state index contributed by atoms with van der Waals surface area (Å²) in [4.78, 5) is 26.5. The van der Waals surface area contributed by atoms with Gasteiger partial charge in [-0.15, -0.1) is 10.2 Å². The predicted molar refractivity (Wildman–Crippen MR) is 108 cm³/mol. The summed E-state index contributed by atoms with van der Waals surface area (Å²) in [5.41, 5.74) is -0.644. The van der Waals surface area contributed by atoms with Crippen LogP contribution in [0.2, 0.25) is 0 Å². The number of anilines is 2. The topological polar surface area (TPSA) is 80.1 Å². The number of fused-ring (bicyclic) bond motifs is 1. The summed E-state index contributed by atoms with van der Waals surface area (Å²) >= 11 is 1.28. The van der Waals surface area contributed by atoms with Crippen LogP contribution in [0.3, 0.4) is 0 Å². The van der Waals surface area contributed by atoms with Crippen LogP contribution in [0.25, 0.3) is 0 Å². The molecule has 164 valence electrons. The van der Waals surface area contributed by atoms with Crippen molar-refractivity contribution in [3.8, 4) is 0 Å². The second-order valence-corrected chi connectivity index (χ2v) is 9.49. The maximum Gasteiger partial charge on any atom is 0.416 e. The highest BCUT2D eigenvalue weighted by molar-refractivity contribution is 8.00. The van der Waals surface area contributed by atoms with Crippen molar-refractivity contribution in [2.45, 2.75) is 61.1 Å². The Balaban J connectivity index is 1.39. The van der Waals surface area contributed by atoms with E-state index in [1.165, 1.54) is 22.7 Å². The van der Waals surface area contributed by atoms with Crippen molar-refractivity contribution in [2.75, 3.05) is 16.8 Å². The molecule has 2 saturated carbocycles. The van der Waals surface area contributed by atoms with Crippen LogP contribution in [0.4, 0.5) is 24.5 Å². The zero-order valence-corrected chi connectivity index (χ0v) is 17.5. The molecule has 2 aromatic rings. The van der Waals surface area contributed by atoms with Gasteiger partial charge in [-0.25, -0.2) is 0 Å². The molecule has 0 saturated heterocycles. The van der Waals surface area contributed by atoms with Gasteiger partial charge in [-0.2, -0.15) is 13.2 Å². The highest BCUT2D eigenvalue weighted by atomic mass is 32.2. The van der Waals surface area contributed by atoms with Gasteiger partial charge in [0.15, 0.2) is 5.16 Å². The van der Waals surface area contributed by atoms with Crippen molar-refractivity contribution in [1.29, 1.82) is 0 Å². The van der Waals surface area contributed by atoms with Crippen LogP contribution in [0, 0.1) is 0 Å². The SMILES string of the molecule is CC(Sc1nnc(C2CC2)n1C1CC1)C(=O)N1CC(=O)Nc2cc(C(F)(F)F)ccc21. The van der Waals surface area contributed by atoms with E-state index in [1.807, 2.05) is 0 Å². The number of nitrogens with one attached hydrogen (secondary N) is 1. The molecular weight excluding hydrogens is 431 g/mol. The monoisotopic (exact) mass is 451 g/mol. The molecule has 1 aromatic carbocycles. The van der Waals surface area contributed by atoms with Crippen LogP contribution in [-0.4, -0.2) is 38.4 Å². The number of carbonyl (C=O) groups is 2. The number of carbonyl (C=O) groups excluding carboxylic acids is 2. The Bertz CT molecular complexity index is 1060. The maximum atomic E-state index is 13.2. The van der Waals surface area contributed by atoms with E-state index in [0.717, 1.165) is 43.6 Å². The van der Waals surface area contributed by atoms with Gasteiger partial charge >= 0.3 is 6.18 Å². The standard InChI is InChI=1S/C20H20F3N5O2S/c1-10(31-19-26-25-17(11-2-3-11)28(19)13-5-6-13)18(30)27-9-16(29)24-14-8-12(20(21,22)23)4-7-15(14)27/h4,7-8,10-11,13H,2-3,5-6,9H2,1H3,(H,24,29). The minimum Gasteiger partial charge on any atom is -0.323 e. The lowest BCUT2D eigenvalue weighted by Gasteiger charge is -2.31. The first kappa shape index (κ1) is 20.3. The molecule has 1 aromatic heterocycles. The number of amides is 2. The van der Waals surface area contributed by atoms with E-state index >= 15 is 0 Å². The molecule has 2 fully saturated rings. The van der Waals surface area contributed by atoms with Crippen LogP contribution in [0.1, 0.15) is 56.0 Å². The lowest BCUT2D eigenvalue weighted by Crippen LogP contribution is -2.45. The average Bonchev–Trinajstić information content (AvgIpc) is 3.64. The summed E-state index contributed by atoms with van der Waals surface area (Å²) < 4.78 is 41.3. The Kier molecular flexibility index (Phi) is 4.76. The zero-order chi connectivity index (χ0) is 21.9. The van der Waals surface area contributed by atoms with E-state index in [2.05, 4.69) is 20.1 Å². The minimum absolute atomic E-state index is 0.0196. The third-order valence-corrected chi connectivity index (χ3v) is 6.68. The molecular formula is C20H20F3N5O2S. The zero-order valence-electron chi connectivity index (χ0n) is 16.6. The molecule has 1 atom stereocenters. The summed E-state index contributed by atoms with van der Waals surface area (Å²) in [5.74, 6) is 0.523. The fraction of sp³-hybridized carbons (Fsp3) is 0.500. The van der Waals surface area contributed by atoms with Crippen molar-refractivity contribution in [1.82, 2.24) is 14.8 Å². The number of rotatable bonds is 5. The number of hydrogen-bond acceptors (Lipinski definition) is 5. The molecule has 0 radical (unpaired) electrons. The molecule has 2 amide bonds. The molecule has 0 spiro atoms. The Hall–Kier alpha value is -2.56. The van der Waals surface area contributed by atoms with Gasteiger partial charge in [0, 0.05) is 12.0 Å². The van der Waals surface area contributed by atoms with E-state index < -0.39 is 22.9 Å². The van der Waals surface area contributed by atoms with Gasteiger partial charge in [-0.1, -0.05) is 11.8 Å². The van der Waals surface area contributed by atoms with Gasteiger partial charge in [0.05, 0.1) is 22.2 Å². The third kappa shape index (κ3) is 3.90. The first-order valence-corrected chi connectivity index (χ1v) is 11.0. The third-order valence-electron chi connectivity index (χ3n) is 5.63. The van der Waals surface area contributed by atoms with Crippen LogP contribution in [0.15, 0.2) is 23.4 Å². The highest BCUT2D eigenvalue weighted by Crippen LogP contribution is 2.46. The number of halogens is 3. The van der Waals surface area contributed by atoms with Crippen LogP contribution < -0.4 is 10.2 Å². The summed E-state index contributed by atoms with van der Waals surface area (Å²) in [6.07, 6.45) is -0.210. The van der Waals surface area contributed by atoms with Crippen molar-refractivity contribution >= 4 is 35.0 Å². The first-order chi connectivity index (χ1) is 14.7. The number of hydrogen-bond donors (Lipinski definition) is 1. The molecule has 31 heavy (non-hydrogen) atoms. The Morgan fingerprint density at radius 1 is 1.23 bits per heavy atom. The van der Waals surface area contributed by atoms with E-state index in [1.54, 1.807) is 6.92 Å². The van der Waals surface area contributed by atoms with Gasteiger partial charge in [0.1, 0.15) is 12.4 Å². The van der Waals surface area contributed by atoms with Crippen molar-refractivity contribution in [3.63, 3.8) is 0 Å². The van der Waals surface area contributed by atoms with Crippen molar-refractivity contribution in [3.05, 3.63) is 29.6 Å². The van der Waals surface area contributed by atoms with Crippen LogP contribution >= 0.6 is 11.8 Å². The molecule has 0 bridgehead atoms. The molecule has 2 heterocycles. The Labute approximate surface area is 180 Å². The predicted octanol–water partition coefficient (Wildman–Crippen LogP) is 3.98. The van der Waals surface area contributed by atoms with Crippen LogP contribution in [-0.2, 0) is 15.8 Å². The van der Waals surface area contributed by atoms with Gasteiger partial charge in [-0.3, -0.25) is 14.5 Å². The summed E-state index contributed by atoms with van der Waals surface area (Å²) in [5, 5.41) is 11.2. The molecule has 2 aliphatic carbocycles. The van der Waals surface area contributed by atoms with E-state index in [-0.39, 0.29) is 23.8 Å². The molecule has 7 nitrogen and oxygen atoms in total. The molecule has 5 rings (SSSR count). The Morgan fingerprint density at radius 2 is 1.97 bits per heavy atom. The van der Waals surface area contributed by atoms with Crippen LogP contribution in [0.5, 0.6) is 0 Å². The minimum atomic E-state index is -4.54. The molecule has 11 heteroatoms. The van der Waals surface area contributed by atoms with E-state index in [0.29, 0.717) is 17.1 Å². The summed E-state index contributed by atoms with van der Waals surface area (Å²) in [7, 11) is 0. The highest BCUT2D eigenvalue weighted by Gasteiger charge is 2.38. The summed E-state index contributed by atoms with van der Waals surface area (Å²) in [6, 6.07) is 3.37. The summed E-state index contributed by atoms with van der Waals surface area (Å²) in [6.45, 7) is 1.47. The van der Waals surface area contributed by atoms with E-state index in [4.69, 9.17) is 0 Å². The normalized spacial score (nSPS) is 19.7. The average molecular weight is 451 g/mol. The number of aromatic nitrogens is 3. The van der Waals surface area contributed by atoms with Crippen molar-refractivity contribution < 1.29 is 22.8 Å². The number of nitrogens with zero attached hydrogens (tertiary/aromatic N) is 4. The second kappa shape index (κ2) is 7.25. The van der Waals surface area contributed by atoms with Gasteiger partial charge < -0.3 is 9.88 Å². The fourth-order valence-electron chi connectivity index (χ4n) is 3.76. The Morgan fingerprint density at radius 3 is 2.61 bits per heavy atom. The fourth-order valence-corrected chi connectivity index (χ4v) is 4.74. The quantitative estimate of drug-likeness (QED) is 0.696. The van der Waals surface area contributed by atoms with Gasteiger partial charge in [0.2, 0.25) is 11.8 Å². The smallest absolute Gasteiger partial charge is 0.323 e. The van der Waals surface area contributed by atoms with Crippen molar-refractivity contribution in [2.24, 2.45) is 0 Å². The van der Waals surface area contributed by atoms with E-state index in [9.17, 15) is 22.8 Å². The molecule has 1 aliphatic heterocycles. The maximum absolute atomic E-state index is 13.2. The largest absolute Gasteiger partial charge is 0.416 e. The molecule has 3 aliphatic rings. The van der Waals surface area contributed by atoms with Gasteiger partial charge in [-0.05, 0) is 50.8 Å². The molecule has 1 N–H and O–H groups in total. The molecule has 1 unspecified atom stereocenters. The lowest BCUT2D eigenvalue weighted by atomic mass is 10.1. The lowest BCUT2D eigenvalue weighted by molar-refractivity contribution is -0.137.